The van der Waals surface area contributed by atoms with E-state index in [-0.39, 0.29) is 32.5 Å². The zero-order valence-electron chi connectivity index (χ0n) is 13.1. The van der Waals surface area contributed by atoms with E-state index in [1.54, 1.807) is 0 Å². The van der Waals surface area contributed by atoms with Crippen molar-refractivity contribution in [3.63, 3.8) is 0 Å². The fourth-order valence-electron chi connectivity index (χ4n) is 2.70. The molecule has 2 rings (SSSR count). The van der Waals surface area contributed by atoms with Crippen LogP contribution in [-0.4, -0.2) is 52.4 Å². The summed E-state index contributed by atoms with van der Waals surface area (Å²) < 4.78 is 5.06. The second-order valence-electron chi connectivity index (χ2n) is 5.63. The Morgan fingerprint density at radius 1 is 1.21 bits per heavy atom. The highest BCUT2D eigenvalue weighted by atomic mass is 16.5. The number of piperidine rings is 1. The Kier molecular flexibility index (Phi) is 6.00. The number of carbonyl (C=O) groups is 3. The minimum Gasteiger partial charge on any atom is -0.481 e. The zero-order chi connectivity index (χ0) is 17.5. The Morgan fingerprint density at radius 3 is 2.54 bits per heavy atom. The lowest BCUT2D eigenvalue weighted by molar-refractivity contribution is -0.143. The van der Waals surface area contributed by atoms with Gasteiger partial charge in [0.15, 0.2) is 0 Å². The highest BCUT2D eigenvalue weighted by Gasteiger charge is 2.34. The van der Waals surface area contributed by atoms with Gasteiger partial charge in [-0.3, -0.25) is 4.79 Å². The number of carboxylic acids is 1. The molecule has 0 saturated carbocycles. The Balaban J connectivity index is 1.83. The molecule has 0 radical (unpaired) electrons. The fourth-order valence-corrected chi connectivity index (χ4v) is 2.70. The van der Waals surface area contributed by atoms with Gasteiger partial charge in [-0.2, -0.15) is 0 Å². The minimum absolute atomic E-state index is 0.0176. The van der Waals surface area contributed by atoms with E-state index in [0.717, 1.165) is 10.5 Å². The van der Waals surface area contributed by atoms with Crippen LogP contribution in [0.5, 0.6) is 0 Å². The van der Waals surface area contributed by atoms with Gasteiger partial charge >= 0.3 is 18.2 Å². The lowest BCUT2D eigenvalue weighted by Gasteiger charge is -2.36. The smallest absolute Gasteiger partial charge is 0.407 e. The van der Waals surface area contributed by atoms with Gasteiger partial charge in [-0.05, 0) is 18.4 Å². The number of carboxylic acid groups (broad SMARTS) is 2. The number of hydrogen-bond acceptors (Lipinski definition) is 4. The van der Waals surface area contributed by atoms with E-state index >= 15 is 0 Å². The maximum Gasteiger partial charge on any atom is 0.407 e. The number of alkyl carbamates (subject to hydrolysis) is 1. The normalized spacial score (nSPS) is 20.2. The molecule has 8 heteroatoms. The van der Waals surface area contributed by atoms with Gasteiger partial charge in [-0.1, -0.05) is 30.3 Å². The van der Waals surface area contributed by atoms with Gasteiger partial charge < -0.3 is 25.2 Å². The second-order valence-corrected chi connectivity index (χ2v) is 5.63. The molecular formula is C16H20N2O6. The van der Waals surface area contributed by atoms with E-state index in [9.17, 15) is 19.5 Å². The molecule has 0 aliphatic carbocycles. The molecule has 1 aromatic rings. The second kappa shape index (κ2) is 8.19. The Hall–Kier alpha value is -2.77. The first-order valence-corrected chi connectivity index (χ1v) is 7.64. The number of hydrogen-bond donors (Lipinski definition) is 3. The highest BCUT2D eigenvalue weighted by molar-refractivity contribution is 5.72. The third-order valence-corrected chi connectivity index (χ3v) is 4.01. The molecule has 2 unspecified atom stereocenters. The van der Waals surface area contributed by atoms with Crippen LogP contribution in [-0.2, 0) is 16.1 Å². The van der Waals surface area contributed by atoms with Crippen LogP contribution in [0.15, 0.2) is 30.3 Å². The van der Waals surface area contributed by atoms with Crippen LogP contribution in [0.3, 0.4) is 0 Å². The van der Waals surface area contributed by atoms with E-state index < -0.39 is 30.1 Å². The average Bonchev–Trinajstić information content (AvgIpc) is 2.58. The molecule has 0 aromatic heterocycles. The van der Waals surface area contributed by atoms with Crippen LogP contribution in [0.4, 0.5) is 9.59 Å². The first-order chi connectivity index (χ1) is 11.5. The predicted molar refractivity (Wildman–Crippen MR) is 83.5 cm³/mol. The quantitative estimate of drug-likeness (QED) is 0.754. The number of rotatable bonds is 5. The molecule has 1 aliphatic heterocycles. The van der Waals surface area contributed by atoms with Crippen LogP contribution in [0.2, 0.25) is 0 Å². The highest BCUT2D eigenvalue weighted by Crippen LogP contribution is 2.23. The molecule has 0 spiro atoms. The molecule has 3 N–H and O–H groups in total. The maximum atomic E-state index is 11.7. The van der Waals surface area contributed by atoms with E-state index in [4.69, 9.17) is 9.84 Å². The summed E-state index contributed by atoms with van der Waals surface area (Å²) in [5.41, 5.74) is 0.837. The summed E-state index contributed by atoms with van der Waals surface area (Å²) in [6.07, 6.45) is -1.35. The van der Waals surface area contributed by atoms with Crippen LogP contribution in [0, 0.1) is 5.92 Å². The molecule has 0 bridgehead atoms. The molecule has 2 atom stereocenters. The van der Waals surface area contributed by atoms with E-state index in [1.165, 1.54) is 0 Å². The molecule has 1 heterocycles. The van der Waals surface area contributed by atoms with Gasteiger partial charge in [0.2, 0.25) is 0 Å². The van der Waals surface area contributed by atoms with Crippen molar-refractivity contribution in [2.24, 2.45) is 5.92 Å². The number of likely N-dealkylation sites (tertiary alicyclic amines) is 1. The molecule has 1 aromatic carbocycles. The van der Waals surface area contributed by atoms with Crippen LogP contribution >= 0.6 is 0 Å². The first kappa shape index (κ1) is 17.6. The molecule has 2 amide bonds. The number of ether oxygens (including phenoxy) is 1. The van der Waals surface area contributed by atoms with Crippen LogP contribution in [0.1, 0.15) is 18.4 Å². The summed E-state index contributed by atoms with van der Waals surface area (Å²) in [5.74, 6) is -1.55. The van der Waals surface area contributed by atoms with Gasteiger partial charge in [0, 0.05) is 13.1 Å². The molecule has 1 aliphatic rings. The van der Waals surface area contributed by atoms with Crippen molar-refractivity contribution < 1.29 is 29.3 Å². The number of nitrogens with one attached hydrogen (secondary N) is 1. The zero-order valence-corrected chi connectivity index (χ0v) is 13.1. The van der Waals surface area contributed by atoms with E-state index in [0.29, 0.717) is 0 Å². The minimum atomic E-state index is -1.12. The van der Waals surface area contributed by atoms with Crippen molar-refractivity contribution in [3.05, 3.63) is 35.9 Å². The third-order valence-electron chi connectivity index (χ3n) is 4.01. The first-order valence-electron chi connectivity index (χ1n) is 7.64. The molecule has 130 valence electrons. The number of nitrogens with zero attached hydrogens (tertiary/aromatic N) is 1. The van der Waals surface area contributed by atoms with Crippen molar-refractivity contribution in [3.8, 4) is 0 Å². The van der Waals surface area contributed by atoms with Gasteiger partial charge in [-0.15, -0.1) is 0 Å². The van der Waals surface area contributed by atoms with Gasteiger partial charge in [0.1, 0.15) is 6.61 Å². The van der Waals surface area contributed by atoms with Crippen molar-refractivity contribution >= 4 is 18.2 Å². The third kappa shape index (κ3) is 4.87. The lowest BCUT2D eigenvalue weighted by atomic mass is 9.91. The maximum absolute atomic E-state index is 11.7. The summed E-state index contributed by atoms with van der Waals surface area (Å²) in [6, 6.07) is 8.56. The summed E-state index contributed by atoms with van der Waals surface area (Å²) in [7, 11) is 0. The summed E-state index contributed by atoms with van der Waals surface area (Å²) in [5, 5.41) is 20.8. The van der Waals surface area contributed by atoms with Crippen molar-refractivity contribution in [2.45, 2.75) is 25.5 Å². The lowest BCUT2D eigenvalue weighted by Crippen LogP contribution is -2.51. The number of aliphatic carboxylic acids is 1. The predicted octanol–water partition coefficient (Wildman–Crippen LogP) is 1.76. The number of benzene rings is 1. The molecular weight excluding hydrogens is 316 g/mol. The SMILES string of the molecule is O=C(NCC1CC(C(=O)O)CCN1C(=O)O)OCc1ccccc1. The average molecular weight is 336 g/mol. The fraction of sp³-hybridized carbons (Fsp3) is 0.438. The molecule has 24 heavy (non-hydrogen) atoms. The standard InChI is InChI=1S/C16H20N2O6/c19-14(20)12-6-7-18(16(22)23)13(8-12)9-17-15(21)24-10-11-4-2-1-3-5-11/h1-5,12-13H,6-10H2,(H,17,21)(H,19,20)(H,22,23). The summed E-state index contributed by atoms with van der Waals surface area (Å²) in [4.78, 5) is 35.2. The van der Waals surface area contributed by atoms with Gasteiger partial charge in [0.25, 0.3) is 0 Å². The van der Waals surface area contributed by atoms with Gasteiger partial charge in [0.05, 0.1) is 12.0 Å². The topological polar surface area (TPSA) is 116 Å². The summed E-state index contributed by atoms with van der Waals surface area (Å²) >= 11 is 0. The van der Waals surface area contributed by atoms with Crippen molar-refractivity contribution in [1.82, 2.24) is 10.2 Å². The Labute approximate surface area is 139 Å². The number of amides is 2. The monoisotopic (exact) mass is 336 g/mol. The number of carbonyl (C=O) groups excluding carboxylic acids is 1. The van der Waals surface area contributed by atoms with Crippen molar-refractivity contribution in [2.75, 3.05) is 13.1 Å². The Morgan fingerprint density at radius 2 is 1.92 bits per heavy atom. The Bertz CT molecular complexity index is 591. The molecule has 8 nitrogen and oxygen atoms in total. The summed E-state index contributed by atoms with van der Waals surface area (Å²) in [6.45, 7) is 0.263. The van der Waals surface area contributed by atoms with Crippen LogP contribution in [0.25, 0.3) is 0 Å². The molecule has 1 saturated heterocycles. The molecule has 1 fully saturated rings. The van der Waals surface area contributed by atoms with Crippen LogP contribution < -0.4 is 5.32 Å². The van der Waals surface area contributed by atoms with Gasteiger partial charge in [-0.25, -0.2) is 9.59 Å². The van der Waals surface area contributed by atoms with E-state index in [1.807, 2.05) is 30.3 Å². The van der Waals surface area contributed by atoms with Crippen molar-refractivity contribution in [1.29, 1.82) is 0 Å². The largest absolute Gasteiger partial charge is 0.481 e. The van der Waals surface area contributed by atoms with E-state index in [2.05, 4.69) is 5.32 Å².